The van der Waals surface area contributed by atoms with Crippen LogP contribution in [0, 0.1) is 0 Å². The van der Waals surface area contributed by atoms with Gasteiger partial charge < -0.3 is 0 Å². The molecule has 2 aromatic carbocycles. The summed E-state index contributed by atoms with van der Waals surface area (Å²) in [7, 11) is 0. The average Bonchev–Trinajstić information content (AvgIpc) is 2.75. The Morgan fingerprint density at radius 2 is 1.54 bits per heavy atom. The number of nitrogens with one attached hydrogen (secondary N) is 1. The van der Waals surface area contributed by atoms with Gasteiger partial charge >= 0.3 is 0 Å². The first-order valence-corrected chi connectivity index (χ1v) is 9.47. The highest BCUT2D eigenvalue weighted by molar-refractivity contribution is 9.10. The molecular weight excluding hydrogens is 414 g/mol. The molecule has 4 rings (SSSR count). The van der Waals surface area contributed by atoms with Crippen molar-refractivity contribution in [1.82, 2.24) is 15.0 Å². The van der Waals surface area contributed by atoms with Gasteiger partial charge in [0.2, 0.25) is 5.95 Å². The summed E-state index contributed by atoms with van der Waals surface area (Å²) in [4.78, 5) is 13.3. The Bertz CT molecular complexity index is 1080. The molecule has 0 saturated heterocycles. The van der Waals surface area contributed by atoms with Crippen molar-refractivity contribution in [3.63, 3.8) is 0 Å². The normalized spacial score (nSPS) is 10.9. The van der Waals surface area contributed by atoms with Crippen LogP contribution in [0.1, 0.15) is 5.56 Å². The zero-order valence-corrected chi connectivity index (χ0v) is 16.4. The van der Waals surface area contributed by atoms with Crippen molar-refractivity contribution in [3.05, 3.63) is 95.2 Å². The predicted molar refractivity (Wildman–Crippen MR) is 116 cm³/mol. The number of rotatable bonds is 5. The van der Waals surface area contributed by atoms with Gasteiger partial charge in [-0.3, -0.25) is 4.98 Å². The molecule has 0 aliphatic heterocycles. The molecule has 6 heteroatoms. The molecule has 2 aromatic heterocycles. The van der Waals surface area contributed by atoms with Crippen molar-refractivity contribution in [1.29, 1.82) is 0 Å². The van der Waals surface area contributed by atoms with E-state index in [0.29, 0.717) is 5.95 Å². The minimum Gasteiger partial charge on any atom is -0.264 e. The lowest BCUT2D eigenvalue weighted by Gasteiger charge is -2.08. The molecule has 0 amide bonds. The molecule has 0 aliphatic rings. The van der Waals surface area contributed by atoms with Crippen LogP contribution in [0.25, 0.3) is 22.5 Å². The Labute approximate surface area is 171 Å². The third kappa shape index (κ3) is 4.47. The van der Waals surface area contributed by atoms with Gasteiger partial charge in [0, 0.05) is 33.6 Å². The maximum absolute atomic E-state index is 4.62. The monoisotopic (exact) mass is 429 g/mol. The van der Waals surface area contributed by atoms with Crippen LogP contribution in [0.4, 0.5) is 5.95 Å². The highest BCUT2D eigenvalue weighted by Crippen LogP contribution is 2.26. The number of halogens is 1. The van der Waals surface area contributed by atoms with Gasteiger partial charge in [0.25, 0.3) is 0 Å². The van der Waals surface area contributed by atoms with E-state index in [2.05, 4.69) is 41.4 Å². The molecule has 1 N–H and O–H groups in total. The van der Waals surface area contributed by atoms with Crippen molar-refractivity contribution < 1.29 is 0 Å². The zero-order chi connectivity index (χ0) is 19.2. The second kappa shape index (κ2) is 8.54. The van der Waals surface area contributed by atoms with Crippen molar-refractivity contribution in [2.45, 2.75) is 0 Å². The Balaban J connectivity index is 1.69. The number of nitrogens with zero attached hydrogens (tertiary/aromatic N) is 4. The second-order valence-corrected chi connectivity index (χ2v) is 6.91. The smallest absolute Gasteiger partial charge is 0.244 e. The SMILES string of the molecule is Brc1ccc(-c2cc(-c3ccccc3)nc(N/N=C\c3cccnc3)n2)cc1. The van der Waals surface area contributed by atoms with Crippen LogP contribution in [0.2, 0.25) is 0 Å². The summed E-state index contributed by atoms with van der Waals surface area (Å²) >= 11 is 3.47. The Kier molecular flexibility index (Phi) is 5.49. The van der Waals surface area contributed by atoms with Crippen LogP contribution in [-0.4, -0.2) is 21.2 Å². The van der Waals surface area contributed by atoms with Crippen molar-refractivity contribution in [3.8, 4) is 22.5 Å². The van der Waals surface area contributed by atoms with Gasteiger partial charge in [-0.2, -0.15) is 5.10 Å². The summed E-state index contributed by atoms with van der Waals surface area (Å²) in [6.07, 6.45) is 5.15. The number of anilines is 1. The zero-order valence-electron chi connectivity index (χ0n) is 14.8. The van der Waals surface area contributed by atoms with Gasteiger partial charge in [-0.05, 0) is 24.3 Å². The van der Waals surface area contributed by atoms with Crippen molar-refractivity contribution in [2.75, 3.05) is 5.43 Å². The molecule has 136 valence electrons. The molecule has 0 fully saturated rings. The molecule has 4 aromatic rings. The van der Waals surface area contributed by atoms with E-state index in [9.17, 15) is 0 Å². The molecule has 0 bridgehead atoms. The van der Waals surface area contributed by atoms with Gasteiger partial charge in [0.15, 0.2) is 0 Å². The lowest BCUT2D eigenvalue weighted by molar-refractivity contribution is 1.12. The van der Waals surface area contributed by atoms with Crippen LogP contribution in [-0.2, 0) is 0 Å². The second-order valence-electron chi connectivity index (χ2n) is 5.99. The maximum Gasteiger partial charge on any atom is 0.244 e. The highest BCUT2D eigenvalue weighted by atomic mass is 79.9. The largest absolute Gasteiger partial charge is 0.264 e. The third-order valence-electron chi connectivity index (χ3n) is 4.00. The first-order valence-electron chi connectivity index (χ1n) is 8.67. The third-order valence-corrected chi connectivity index (χ3v) is 4.53. The molecule has 0 unspecified atom stereocenters. The predicted octanol–water partition coefficient (Wildman–Crippen LogP) is 5.41. The van der Waals surface area contributed by atoms with E-state index in [1.54, 1.807) is 18.6 Å². The van der Waals surface area contributed by atoms with E-state index in [1.165, 1.54) is 0 Å². The number of pyridine rings is 1. The number of hydrogen-bond acceptors (Lipinski definition) is 5. The van der Waals surface area contributed by atoms with Crippen LogP contribution >= 0.6 is 15.9 Å². The molecule has 0 aliphatic carbocycles. The summed E-state index contributed by atoms with van der Waals surface area (Å²) in [5.74, 6) is 0.430. The van der Waals surface area contributed by atoms with Gasteiger partial charge in [0.05, 0.1) is 17.6 Å². The van der Waals surface area contributed by atoms with E-state index in [-0.39, 0.29) is 0 Å². The number of benzene rings is 2. The van der Waals surface area contributed by atoms with Crippen LogP contribution in [0.15, 0.2) is 94.8 Å². The fraction of sp³-hybridized carbons (Fsp3) is 0. The van der Waals surface area contributed by atoms with E-state index in [0.717, 1.165) is 32.6 Å². The van der Waals surface area contributed by atoms with E-state index < -0.39 is 0 Å². The summed E-state index contributed by atoms with van der Waals surface area (Å²) in [6, 6.07) is 23.8. The highest BCUT2D eigenvalue weighted by Gasteiger charge is 2.08. The molecule has 2 heterocycles. The molecular formula is C22H16BrN5. The van der Waals surface area contributed by atoms with Crippen LogP contribution < -0.4 is 5.43 Å². The van der Waals surface area contributed by atoms with Crippen LogP contribution in [0.5, 0.6) is 0 Å². The lowest BCUT2D eigenvalue weighted by Crippen LogP contribution is -2.00. The molecule has 0 atom stereocenters. The fourth-order valence-corrected chi connectivity index (χ4v) is 2.90. The summed E-state index contributed by atoms with van der Waals surface area (Å²) in [5, 5.41) is 4.25. The summed E-state index contributed by atoms with van der Waals surface area (Å²) in [5.41, 5.74) is 7.49. The number of hydrazone groups is 1. The van der Waals surface area contributed by atoms with Gasteiger partial charge in [-0.15, -0.1) is 0 Å². The van der Waals surface area contributed by atoms with E-state index in [4.69, 9.17) is 0 Å². The fourth-order valence-electron chi connectivity index (χ4n) is 2.64. The Hall–Kier alpha value is -3.38. The quantitative estimate of drug-likeness (QED) is 0.340. The topological polar surface area (TPSA) is 63.1 Å². The standard InChI is InChI=1S/C22H16BrN5/c23-19-10-8-18(9-11-19)21-13-20(17-6-2-1-3-7-17)26-22(27-21)28-25-15-16-5-4-12-24-14-16/h1-15H,(H,26,27,28)/b25-15-. The minimum absolute atomic E-state index is 0.430. The van der Waals surface area contributed by atoms with Crippen molar-refractivity contribution >= 4 is 28.1 Å². The number of hydrogen-bond donors (Lipinski definition) is 1. The first-order chi connectivity index (χ1) is 13.8. The summed E-state index contributed by atoms with van der Waals surface area (Å²) in [6.45, 7) is 0. The van der Waals surface area contributed by atoms with Gasteiger partial charge in [-0.25, -0.2) is 15.4 Å². The molecule has 28 heavy (non-hydrogen) atoms. The van der Waals surface area contributed by atoms with E-state index >= 15 is 0 Å². The van der Waals surface area contributed by atoms with Crippen molar-refractivity contribution in [2.24, 2.45) is 5.10 Å². The molecule has 0 saturated carbocycles. The summed E-state index contributed by atoms with van der Waals surface area (Å²) < 4.78 is 1.02. The minimum atomic E-state index is 0.430. The number of aromatic nitrogens is 3. The molecule has 0 spiro atoms. The Morgan fingerprint density at radius 1 is 0.821 bits per heavy atom. The van der Waals surface area contributed by atoms with Gasteiger partial charge in [0.1, 0.15) is 0 Å². The average molecular weight is 430 g/mol. The first kappa shape index (κ1) is 18.0. The lowest BCUT2D eigenvalue weighted by atomic mass is 10.1. The molecule has 5 nitrogen and oxygen atoms in total. The molecule has 0 radical (unpaired) electrons. The maximum atomic E-state index is 4.62. The van der Waals surface area contributed by atoms with Crippen LogP contribution in [0.3, 0.4) is 0 Å². The van der Waals surface area contributed by atoms with E-state index in [1.807, 2.05) is 72.8 Å². The Morgan fingerprint density at radius 3 is 2.21 bits per heavy atom. The van der Waals surface area contributed by atoms with Gasteiger partial charge in [-0.1, -0.05) is 64.5 Å².